The van der Waals surface area contributed by atoms with Crippen molar-refractivity contribution in [3.8, 4) is 0 Å². The van der Waals surface area contributed by atoms with Crippen LogP contribution in [0.3, 0.4) is 0 Å². The molecule has 21 heavy (non-hydrogen) atoms. The molecular formula is C15H30O6. The first-order chi connectivity index (χ1) is 9.95. The molecule has 1 N–H and O–H groups in total. The molecule has 0 saturated carbocycles. The molecule has 3 atom stereocenters. The van der Waals surface area contributed by atoms with Crippen LogP contribution < -0.4 is 0 Å². The van der Waals surface area contributed by atoms with E-state index in [4.69, 9.17) is 24.1 Å². The summed E-state index contributed by atoms with van der Waals surface area (Å²) in [7, 11) is 0. The van der Waals surface area contributed by atoms with Crippen molar-refractivity contribution in [3.05, 3.63) is 0 Å². The van der Waals surface area contributed by atoms with E-state index in [9.17, 15) is 4.79 Å². The second-order valence-corrected chi connectivity index (χ2v) is 5.19. The van der Waals surface area contributed by atoms with Crippen molar-refractivity contribution < 1.29 is 28.8 Å². The van der Waals surface area contributed by atoms with Crippen LogP contribution >= 0.6 is 0 Å². The number of carbonyl (C=O) groups is 1. The van der Waals surface area contributed by atoms with Gasteiger partial charge in [0.1, 0.15) is 0 Å². The molecule has 126 valence electrons. The number of rotatable bonds is 14. The summed E-state index contributed by atoms with van der Waals surface area (Å²) in [6, 6.07) is 0. The van der Waals surface area contributed by atoms with E-state index in [1.165, 1.54) is 0 Å². The van der Waals surface area contributed by atoms with Gasteiger partial charge < -0.3 is 24.1 Å². The van der Waals surface area contributed by atoms with E-state index in [1.54, 1.807) is 0 Å². The van der Waals surface area contributed by atoms with E-state index in [-0.39, 0.29) is 31.3 Å². The fourth-order valence-corrected chi connectivity index (χ4v) is 1.48. The van der Waals surface area contributed by atoms with Gasteiger partial charge in [0.05, 0.1) is 51.2 Å². The zero-order valence-corrected chi connectivity index (χ0v) is 13.7. The topological polar surface area (TPSA) is 74.2 Å². The van der Waals surface area contributed by atoms with Gasteiger partial charge >= 0.3 is 5.97 Å². The lowest BCUT2D eigenvalue weighted by Crippen LogP contribution is -2.27. The number of aliphatic carboxylic acids is 1. The second-order valence-electron chi connectivity index (χ2n) is 5.19. The summed E-state index contributed by atoms with van der Waals surface area (Å²) < 4.78 is 22.0. The highest BCUT2D eigenvalue weighted by atomic mass is 16.6. The van der Waals surface area contributed by atoms with E-state index < -0.39 is 5.97 Å². The maximum Gasteiger partial charge on any atom is 0.305 e. The Morgan fingerprint density at radius 2 is 1.43 bits per heavy atom. The van der Waals surface area contributed by atoms with Gasteiger partial charge in [0, 0.05) is 6.61 Å². The van der Waals surface area contributed by atoms with Crippen LogP contribution in [0.4, 0.5) is 0 Å². The predicted octanol–water partition coefficient (Wildman–Crippen LogP) is 2.10. The normalized spacial score (nSPS) is 15.6. The Labute approximate surface area is 127 Å². The zero-order valence-electron chi connectivity index (χ0n) is 13.7. The molecule has 0 aliphatic rings. The lowest BCUT2D eigenvalue weighted by molar-refractivity contribution is -0.139. The molecule has 6 heteroatoms. The van der Waals surface area contributed by atoms with Crippen molar-refractivity contribution in [1.29, 1.82) is 0 Å². The summed E-state index contributed by atoms with van der Waals surface area (Å²) in [5.74, 6) is -0.857. The van der Waals surface area contributed by atoms with Crippen LogP contribution in [0.5, 0.6) is 0 Å². The third-order valence-corrected chi connectivity index (χ3v) is 2.65. The van der Waals surface area contributed by atoms with E-state index in [0.717, 1.165) is 13.0 Å². The number of carboxylic acids is 1. The highest BCUT2D eigenvalue weighted by molar-refractivity contribution is 5.66. The largest absolute Gasteiger partial charge is 0.481 e. The molecule has 0 rings (SSSR count). The number of ether oxygens (including phenoxy) is 4. The van der Waals surface area contributed by atoms with E-state index in [1.807, 2.05) is 20.8 Å². The van der Waals surface area contributed by atoms with Gasteiger partial charge in [0.25, 0.3) is 0 Å². The van der Waals surface area contributed by atoms with Crippen molar-refractivity contribution in [3.63, 3.8) is 0 Å². The standard InChI is InChI=1S/C15H30O6/c1-5-7-18-9-12(2)20-11-14(4)21-10-13(3)19-8-6-15(16)17/h12-14H,5-11H2,1-4H3,(H,16,17). The highest BCUT2D eigenvalue weighted by Gasteiger charge is 2.10. The fraction of sp³-hybridized carbons (Fsp3) is 0.933. The quantitative estimate of drug-likeness (QED) is 0.495. The SMILES string of the molecule is CCCOCC(C)OCC(C)OCC(C)OCCC(=O)O. The molecule has 0 radical (unpaired) electrons. The minimum absolute atomic E-state index is 0.0122. The molecule has 0 saturated heterocycles. The summed E-state index contributed by atoms with van der Waals surface area (Å²) >= 11 is 0. The third-order valence-electron chi connectivity index (χ3n) is 2.65. The van der Waals surface area contributed by atoms with Crippen molar-refractivity contribution in [2.24, 2.45) is 0 Å². The van der Waals surface area contributed by atoms with Crippen molar-refractivity contribution in [1.82, 2.24) is 0 Å². The molecule has 0 aliphatic heterocycles. The molecule has 0 heterocycles. The average Bonchev–Trinajstić information content (AvgIpc) is 2.42. The number of hydrogen-bond acceptors (Lipinski definition) is 5. The zero-order chi connectivity index (χ0) is 16.1. The molecule has 0 aromatic heterocycles. The van der Waals surface area contributed by atoms with Crippen LogP contribution in [0, 0.1) is 0 Å². The molecule has 3 unspecified atom stereocenters. The first-order valence-electron chi connectivity index (χ1n) is 7.60. The molecule has 0 aromatic carbocycles. The minimum atomic E-state index is -0.857. The van der Waals surface area contributed by atoms with Gasteiger partial charge in [-0.3, -0.25) is 4.79 Å². The Morgan fingerprint density at radius 3 is 1.95 bits per heavy atom. The summed E-state index contributed by atoms with van der Waals surface area (Å²) in [5, 5.41) is 8.51. The predicted molar refractivity (Wildman–Crippen MR) is 79.6 cm³/mol. The Hall–Kier alpha value is -0.690. The maximum atomic E-state index is 10.4. The maximum absolute atomic E-state index is 10.4. The van der Waals surface area contributed by atoms with Gasteiger partial charge in [0.2, 0.25) is 0 Å². The van der Waals surface area contributed by atoms with Crippen molar-refractivity contribution in [2.75, 3.05) is 33.0 Å². The summed E-state index contributed by atoms with van der Waals surface area (Å²) in [6.07, 6.45) is 0.901. The monoisotopic (exact) mass is 306 g/mol. The van der Waals surface area contributed by atoms with Gasteiger partial charge in [-0.15, -0.1) is 0 Å². The Balaban J connectivity index is 3.55. The lowest BCUT2D eigenvalue weighted by Gasteiger charge is -2.20. The van der Waals surface area contributed by atoms with Crippen LogP contribution in [0.2, 0.25) is 0 Å². The molecule has 0 fully saturated rings. The lowest BCUT2D eigenvalue weighted by atomic mass is 10.3. The molecule has 0 aliphatic carbocycles. The smallest absolute Gasteiger partial charge is 0.305 e. The van der Waals surface area contributed by atoms with Gasteiger partial charge in [-0.2, -0.15) is 0 Å². The highest BCUT2D eigenvalue weighted by Crippen LogP contribution is 2.01. The van der Waals surface area contributed by atoms with E-state index in [2.05, 4.69) is 6.92 Å². The molecule has 0 amide bonds. The summed E-state index contributed by atoms with van der Waals surface area (Å²) in [4.78, 5) is 10.4. The number of hydrogen-bond donors (Lipinski definition) is 1. The molecule has 0 spiro atoms. The van der Waals surface area contributed by atoms with E-state index >= 15 is 0 Å². The Bertz CT molecular complexity index is 259. The first-order valence-corrected chi connectivity index (χ1v) is 7.60. The third kappa shape index (κ3) is 14.0. The van der Waals surface area contributed by atoms with E-state index in [0.29, 0.717) is 19.8 Å². The molecular weight excluding hydrogens is 276 g/mol. The minimum Gasteiger partial charge on any atom is -0.481 e. The first kappa shape index (κ1) is 20.3. The summed E-state index contributed by atoms with van der Waals surface area (Å²) in [5.41, 5.74) is 0. The number of carboxylic acid groups (broad SMARTS) is 1. The average molecular weight is 306 g/mol. The van der Waals surface area contributed by atoms with Crippen molar-refractivity contribution in [2.45, 2.75) is 58.8 Å². The van der Waals surface area contributed by atoms with Crippen molar-refractivity contribution >= 4 is 5.97 Å². The second kappa shape index (κ2) is 13.0. The van der Waals surface area contributed by atoms with Gasteiger partial charge in [0.15, 0.2) is 0 Å². The van der Waals surface area contributed by atoms with Crippen LogP contribution in [0.1, 0.15) is 40.5 Å². The van der Waals surface area contributed by atoms with Crippen LogP contribution in [0.15, 0.2) is 0 Å². The molecule has 6 nitrogen and oxygen atoms in total. The summed E-state index contributed by atoms with van der Waals surface area (Å²) in [6.45, 7) is 10.3. The van der Waals surface area contributed by atoms with Gasteiger partial charge in [-0.1, -0.05) is 6.92 Å². The Morgan fingerprint density at radius 1 is 0.905 bits per heavy atom. The van der Waals surface area contributed by atoms with Gasteiger partial charge in [-0.25, -0.2) is 0 Å². The van der Waals surface area contributed by atoms with Gasteiger partial charge in [-0.05, 0) is 27.2 Å². The van der Waals surface area contributed by atoms with Crippen LogP contribution in [-0.4, -0.2) is 62.4 Å². The molecule has 0 aromatic rings. The fourth-order valence-electron chi connectivity index (χ4n) is 1.48. The Kier molecular flexibility index (Phi) is 12.6. The van der Waals surface area contributed by atoms with Crippen LogP contribution in [0.25, 0.3) is 0 Å². The molecule has 0 bridgehead atoms. The van der Waals surface area contributed by atoms with Crippen LogP contribution in [-0.2, 0) is 23.7 Å².